The molecule has 0 aromatic carbocycles. The summed E-state index contributed by atoms with van der Waals surface area (Å²) in [5.41, 5.74) is 6.47. The van der Waals surface area contributed by atoms with Crippen LogP contribution in [0, 0.1) is 5.92 Å². The second-order valence-corrected chi connectivity index (χ2v) is 6.92. The van der Waals surface area contributed by atoms with Gasteiger partial charge in [-0.25, -0.2) is 0 Å². The molecular formula is C17H26N4O2. The number of hydrogen-bond donors (Lipinski definition) is 2. The minimum Gasteiger partial charge on any atom is -0.364 e. The van der Waals surface area contributed by atoms with E-state index in [0.29, 0.717) is 18.2 Å². The molecule has 2 fully saturated rings. The van der Waals surface area contributed by atoms with E-state index < -0.39 is 5.91 Å². The molecule has 0 spiro atoms. The van der Waals surface area contributed by atoms with Gasteiger partial charge < -0.3 is 10.6 Å². The van der Waals surface area contributed by atoms with E-state index in [1.165, 1.54) is 25.7 Å². The lowest BCUT2D eigenvalue weighted by molar-refractivity contribution is -0.132. The Labute approximate surface area is 136 Å². The number of nitrogens with two attached hydrogens (primary N) is 1. The van der Waals surface area contributed by atoms with E-state index in [1.54, 1.807) is 6.07 Å². The van der Waals surface area contributed by atoms with Crippen LogP contribution in [-0.4, -0.2) is 40.0 Å². The van der Waals surface area contributed by atoms with E-state index in [0.717, 1.165) is 44.0 Å². The van der Waals surface area contributed by atoms with Gasteiger partial charge >= 0.3 is 0 Å². The molecule has 1 aromatic rings. The molecule has 1 saturated carbocycles. The number of amides is 2. The Kier molecular flexibility index (Phi) is 4.98. The zero-order chi connectivity index (χ0) is 16.2. The van der Waals surface area contributed by atoms with E-state index in [1.807, 2.05) is 4.90 Å². The number of hydrogen-bond acceptors (Lipinski definition) is 3. The zero-order valence-electron chi connectivity index (χ0n) is 13.6. The summed E-state index contributed by atoms with van der Waals surface area (Å²) in [6.45, 7) is 1.58. The third kappa shape index (κ3) is 3.92. The van der Waals surface area contributed by atoms with Gasteiger partial charge in [-0.15, -0.1) is 0 Å². The van der Waals surface area contributed by atoms with Crippen LogP contribution in [0.5, 0.6) is 0 Å². The number of carbonyl (C=O) groups excluding carboxylic acids is 2. The number of nitrogens with zero attached hydrogens (tertiary/aromatic N) is 2. The largest absolute Gasteiger partial charge is 0.364 e. The van der Waals surface area contributed by atoms with E-state index in [9.17, 15) is 9.59 Å². The Morgan fingerprint density at radius 2 is 1.91 bits per heavy atom. The van der Waals surface area contributed by atoms with E-state index in [-0.39, 0.29) is 5.69 Å². The van der Waals surface area contributed by atoms with E-state index in [2.05, 4.69) is 10.2 Å². The van der Waals surface area contributed by atoms with Crippen molar-refractivity contribution in [3.8, 4) is 0 Å². The fourth-order valence-electron chi connectivity index (χ4n) is 3.90. The third-order valence-corrected chi connectivity index (χ3v) is 5.38. The first-order valence-electron chi connectivity index (χ1n) is 8.76. The molecular weight excluding hydrogens is 292 g/mol. The lowest BCUT2D eigenvalue weighted by Gasteiger charge is -2.31. The van der Waals surface area contributed by atoms with Gasteiger partial charge in [0.2, 0.25) is 5.91 Å². The summed E-state index contributed by atoms with van der Waals surface area (Å²) >= 11 is 0. The Bertz CT molecular complexity index is 555. The summed E-state index contributed by atoms with van der Waals surface area (Å²) in [7, 11) is 0. The van der Waals surface area contributed by atoms with Crippen LogP contribution in [0.4, 0.5) is 0 Å². The van der Waals surface area contributed by atoms with Crippen LogP contribution < -0.4 is 5.73 Å². The van der Waals surface area contributed by atoms with Crippen molar-refractivity contribution in [3.05, 3.63) is 17.5 Å². The SMILES string of the molecule is NC(=O)c1cc(C2CCN(C(=O)CCC3CCCC3)CC2)[nH]n1. The average molecular weight is 318 g/mol. The lowest BCUT2D eigenvalue weighted by Crippen LogP contribution is -2.38. The van der Waals surface area contributed by atoms with Gasteiger partial charge in [-0.2, -0.15) is 5.10 Å². The molecule has 1 aromatic heterocycles. The van der Waals surface area contributed by atoms with Gasteiger partial charge in [0.05, 0.1) is 0 Å². The fourth-order valence-corrected chi connectivity index (χ4v) is 3.90. The monoisotopic (exact) mass is 318 g/mol. The van der Waals surface area contributed by atoms with Gasteiger partial charge in [0.1, 0.15) is 5.69 Å². The topological polar surface area (TPSA) is 92.1 Å². The molecule has 6 nitrogen and oxygen atoms in total. The number of nitrogens with one attached hydrogen (secondary N) is 1. The second kappa shape index (κ2) is 7.15. The van der Waals surface area contributed by atoms with Crippen LogP contribution >= 0.6 is 0 Å². The number of aromatic amines is 1. The predicted molar refractivity (Wildman–Crippen MR) is 86.9 cm³/mol. The molecule has 2 aliphatic rings. The normalized spacial score (nSPS) is 20.1. The standard InChI is InChI=1S/C17H26N4O2/c18-17(23)15-11-14(19-20-15)13-7-9-21(10-8-13)16(22)6-5-12-3-1-2-4-12/h11-13H,1-10H2,(H2,18,23)(H,19,20). The van der Waals surface area contributed by atoms with Crippen LogP contribution in [0.3, 0.4) is 0 Å². The van der Waals surface area contributed by atoms with Gasteiger partial charge in [0.25, 0.3) is 5.91 Å². The number of likely N-dealkylation sites (tertiary alicyclic amines) is 1. The Morgan fingerprint density at radius 1 is 1.22 bits per heavy atom. The van der Waals surface area contributed by atoms with Crippen molar-refractivity contribution >= 4 is 11.8 Å². The summed E-state index contributed by atoms with van der Waals surface area (Å²) in [5, 5.41) is 6.85. The van der Waals surface area contributed by atoms with Crippen LogP contribution in [0.1, 0.15) is 73.5 Å². The molecule has 1 aliphatic heterocycles. The molecule has 2 heterocycles. The van der Waals surface area contributed by atoms with Crippen LogP contribution in [0.15, 0.2) is 6.07 Å². The highest BCUT2D eigenvalue weighted by Gasteiger charge is 2.26. The summed E-state index contributed by atoms with van der Waals surface area (Å²) in [6, 6.07) is 1.74. The number of H-pyrrole nitrogens is 1. The van der Waals surface area contributed by atoms with Crippen molar-refractivity contribution in [1.29, 1.82) is 0 Å². The Morgan fingerprint density at radius 3 is 2.52 bits per heavy atom. The molecule has 3 rings (SSSR count). The molecule has 126 valence electrons. The maximum absolute atomic E-state index is 12.3. The molecule has 3 N–H and O–H groups in total. The van der Waals surface area contributed by atoms with E-state index >= 15 is 0 Å². The Balaban J connectivity index is 1.45. The van der Waals surface area contributed by atoms with Gasteiger partial charge in [0, 0.05) is 31.1 Å². The van der Waals surface area contributed by atoms with Crippen molar-refractivity contribution in [3.63, 3.8) is 0 Å². The number of aromatic nitrogens is 2. The summed E-state index contributed by atoms with van der Waals surface area (Å²) < 4.78 is 0. The first-order valence-corrected chi connectivity index (χ1v) is 8.76. The molecule has 2 amide bonds. The zero-order valence-corrected chi connectivity index (χ0v) is 13.6. The first-order chi connectivity index (χ1) is 11.1. The predicted octanol–water partition coefficient (Wildman–Crippen LogP) is 2.18. The second-order valence-electron chi connectivity index (χ2n) is 6.92. The third-order valence-electron chi connectivity index (χ3n) is 5.38. The maximum Gasteiger partial charge on any atom is 0.269 e. The quantitative estimate of drug-likeness (QED) is 0.871. The van der Waals surface area contributed by atoms with Crippen molar-refractivity contribution in [2.75, 3.05) is 13.1 Å². The van der Waals surface area contributed by atoms with Crippen LogP contribution in [0.2, 0.25) is 0 Å². The maximum atomic E-state index is 12.3. The van der Waals surface area contributed by atoms with Crippen molar-refractivity contribution < 1.29 is 9.59 Å². The molecule has 1 saturated heterocycles. The smallest absolute Gasteiger partial charge is 0.269 e. The highest BCUT2D eigenvalue weighted by molar-refractivity contribution is 5.90. The van der Waals surface area contributed by atoms with Crippen molar-refractivity contribution in [2.45, 2.75) is 57.3 Å². The summed E-state index contributed by atoms with van der Waals surface area (Å²) in [6.07, 6.45) is 8.86. The highest BCUT2D eigenvalue weighted by Crippen LogP contribution is 2.30. The van der Waals surface area contributed by atoms with Crippen molar-refractivity contribution in [2.24, 2.45) is 11.7 Å². The first kappa shape index (κ1) is 16.0. The summed E-state index contributed by atoms with van der Waals surface area (Å²) in [4.78, 5) is 25.4. The lowest BCUT2D eigenvalue weighted by atomic mass is 9.93. The number of primary amides is 1. The minimum atomic E-state index is -0.507. The highest BCUT2D eigenvalue weighted by atomic mass is 16.2. The van der Waals surface area contributed by atoms with E-state index in [4.69, 9.17) is 5.73 Å². The summed E-state index contributed by atoms with van der Waals surface area (Å²) in [5.74, 6) is 0.896. The molecule has 23 heavy (non-hydrogen) atoms. The van der Waals surface area contributed by atoms with Gasteiger partial charge in [-0.1, -0.05) is 25.7 Å². The average Bonchev–Trinajstić information content (AvgIpc) is 3.24. The van der Waals surface area contributed by atoms with Gasteiger partial charge in [-0.05, 0) is 31.2 Å². The molecule has 0 bridgehead atoms. The fraction of sp³-hybridized carbons (Fsp3) is 0.706. The molecule has 0 unspecified atom stereocenters. The van der Waals surface area contributed by atoms with Crippen LogP contribution in [-0.2, 0) is 4.79 Å². The molecule has 0 radical (unpaired) electrons. The Hall–Kier alpha value is -1.85. The van der Waals surface area contributed by atoms with Crippen LogP contribution in [0.25, 0.3) is 0 Å². The molecule has 1 aliphatic carbocycles. The number of piperidine rings is 1. The minimum absolute atomic E-state index is 0.287. The number of carbonyl (C=O) groups is 2. The molecule has 0 atom stereocenters. The number of rotatable bonds is 5. The van der Waals surface area contributed by atoms with Gasteiger partial charge in [0.15, 0.2) is 0 Å². The van der Waals surface area contributed by atoms with Gasteiger partial charge in [-0.3, -0.25) is 14.7 Å². The van der Waals surface area contributed by atoms with Crippen molar-refractivity contribution in [1.82, 2.24) is 15.1 Å². The molecule has 6 heteroatoms.